The first-order valence-electron chi connectivity index (χ1n) is 5.63. The summed E-state index contributed by atoms with van der Waals surface area (Å²) < 4.78 is 15.3. The van der Waals surface area contributed by atoms with E-state index in [1.165, 1.54) is 14.0 Å². The maximum Gasteiger partial charge on any atom is 0.303 e. The SMILES string of the molecule is COC1O[C@H](CO)[C@H](OC(C)=O)[C@H](O)[C@H]1N=C(N)N. The summed E-state index contributed by atoms with van der Waals surface area (Å²) in [6.45, 7) is 0.725. The number of ether oxygens (including phenoxy) is 3. The average Bonchev–Trinajstić information content (AvgIpc) is 2.33. The fourth-order valence-corrected chi connectivity index (χ4v) is 1.89. The van der Waals surface area contributed by atoms with Crippen molar-refractivity contribution in [2.24, 2.45) is 16.5 Å². The molecule has 1 aliphatic rings. The van der Waals surface area contributed by atoms with E-state index >= 15 is 0 Å². The van der Waals surface area contributed by atoms with Gasteiger partial charge in [-0.15, -0.1) is 0 Å². The van der Waals surface area contributed by atoms with Gasteiger partial charge in [0, 0.05) is 14.0 Å². The molecular formula is C10H19N3O6. The van der Waals surface area contributed by atoms with Crippen molar-refractivity contribution < 1.29 is 29.2 Å². The van der Waals surface area contributed by atoms with E-state index in [9.17, 15) is 15.0 Å². The molecule has 1 fully saturated rings. The molecule has 9 nitrogen and oxygen atoms in total. The minimum absolute atomic E-state index is 0.265. The molecule has 0 aromatic heterocycles. The highest BCUT2D eigenvalue weighted by atomic mass is 16.7. The Bertz CT molecular complexity index is 346. The van der Waals surface area contributed by atoms with Crippen molar-refractivity contribution >= 4 is 11.9 Å². The fourth-order valence-electron chi connectivity index (χ4n) is 1.89. The minimum atomic E-state index is -1.26. The van der Waals surface area contributed by atoms with Gasteiger partial charge in [0.25, 0.3) is 0 Å². The number of aliphatic imine (C=N–C) groups is 1. The van der Waals surface area contributed by atoms with Gasteiger partial charge in [-0.25, -0.2) is 4.99 Å². The van der Waals surface area contributed by atoms with Gasteiger partial charge in [-0.3, -0.25) is 4.79 Å². The summed E-state index contributed by atoms with van der Waals surface area (Å²) in [4.78, 5) is 14.8. The van der Waals surface area contributed by atoms with Crippen molar-refractivity contribution in [2.45, 2.75) is 37.6 Å². The second-order valence-electron chi connectivity index (χ2n) is 4.07. The van der Waals surface area contributed by atoms with Crippen molar-refractivity contribution in [3.63, 3.8) is 0 Å². The average molecular weight is 277 g/mol. The van der Waals surface area contributed by atoms with E-state index < -0.39 is 43.2 Å². The van der Waals surface area contributed by atoms with E-state index in [-0.39, 0.29) is 5.96 Å². The molecule has 6 N–H and O–H groups in total. The predicted molar refractivity (Wildman–Crippen MR) is 63.9 cm³/mol. The van der Waals surface area contributed by atoms with Gasteiger partial charge in [0.15, 0.2) is 18.4 Å². The molecule has 0 aromatic carbocycles. The number of aliphatic hydroxyl groups is 2. The molecule has 1 rings (SSSR count). The second-order valence-corrected chi connectivity index (χ2v) is 4.07. The molecule has 0 saturated carbocycles. The van der Waals surface area contributed by atoms with Gasteiger partial charge in [0.05, 0.1) is 6.61 Å². The number of esters is 1. The van der Waals surface area contributed by atoms with E-state index in [4.69, 9.17) is 25.7 Å². The number of hydrogen-bond acceptors (Lipinski definition) is 7. The van der Waals surface area contributed by atoms with Crippen LogP contribution in [0.4, 0.5) is 0 Å². The van der Waals surface area contributed by atoms with E-state index in [0.717, 1.165) is 0 Å². The lowest BCUT2D eigenvalue weighted by Crippen LogP contribution is -2.60. The third-order valence-electron chi connectivity index (χ3n) is 2.65. The van der Waals surface area contributed by atoms with Crippen molar-refractivity contribution in [3.05, 3.63) is 0 Å². The maximum atomic E-state index is 11.0. The Labute approximate surface area is 110 Å². The van der Waals surface area contributed by atoms with Crippen LogP contribution < -0.4 is 11.5 Å². The number of carbonyl (C=O) groups excluding carboxylic acids is 1. The summed E-state index contributed by atoms with van der Waals surface area (Å²) >= 11 is 0. The standard InChI is InChI=1S/C10H19N3O6/c1-4(15)18-8-5(3-14)19-9(17-2)6(7(8)16)13-10(11)12/h5-9,14,16H,3H2,1-2H3,(H4,11,12,13)/t5-,6-,7-,8+,9?/m1/s1. The van der Waals surface area contributed by atoms with E-state index in [1.54, 1.807) is 0 Å². The molecule has 1 saturated heterocycles. The second kappa shape index (κ2) is 6.66. The quantitative estimate of drug-likeness (QED) is 0.246. The zero-order chi connectivity index (χ0) is 14.6. The van der Waals surface area contributed by atoms with Gasteiger partial charge < -0.3 is 35.9 Å². The molecule has 19 heavy (non-hydrogen) atoms. The minimum Gasteiger partial charge on any atom is -0.457 e. The lowest BCUT2D eigenvalue weighted by Gasteiger charge is -2.41. The third kappa shape index (κ3) is 3.77. The fraction of sp³-hybridized carbons (Fsp3) is 0.800. The Morgan fingerprint density at radius 1 is 1.47 bits per heavy atom. The zero-order valence-electron chi connectivity index (χ0n) is 10.7. The first-order valence-corrected chi connectivity index (χ1v) is 5.63. The number of hydrogen-bond donors (Lipinski definition) is 4. The highest BCUT2D eigenvalue weighted by Gasteiger charge is 2.47. The molecule has 0 aliphatic carbocycles. The van der Waals surface area contributed by atoms with Crippen molar-refractivity contribution in [1.29, 1.82) is 0 Å². The van der Waals surface area contributed by atoms with E-state index in [0.29, 0.717) is 0 Å². The Morgan fingerprint density at radius 2 is 2.11 bits per heavy atom. The van der Waals surface area contributed by atoms with Gasteiger partial charge in [-0.1, -0.05) is 0 Å². The predicted octanol–water partition coefficient (Wildman–Crippen LogP) is -2.72. The lowest BCUT2D eigenvalue weighted by atomic mass is 9.97. The molecule has 0 amide bonds. The first-order chi connectivity index (χ1) is 8.90. The summed E-state index contributed by atoms with van der Waals surface area (Å²) in [5, 5.41) is 19.4. The summed E-state index contributed by atoms with van der Waals surface area (Å²) in [7, 11) is 1.34. The van der Waals surface area contributed by atoms with Crippen LogP contribution in [0.1, 0.15) is 6.92 Å². The van der Waals surface area contributed by atoms with Crippen molar-refractivity contribution in [1.82, 2.24) is 0 Å². The van der Waals surface area contributed by atoms with Crippen LogP contribution in [0.5, 0.6) is 0 Å². The zero-order valence-corrected chi connectivity index (χ0v) is 10.7. The molecule has 0 spiro atoms. The number of guanidine groups is 1. The van der Waals surface area contributed by atoms with Crippen LogP contribution in [-0.4, -0.2) is 66.5 Å². The number of nitrogens with zero attached hydrogens (tertiary/aromatic N) is 1. The van der Waals surface area contributed by atoms with Crippen molar-refractivity contribution in [3.8, 4) is 0 Å². The topological polar surface area (TPSA) is 150 Å². The monoisotopic (exact) mass is 277 g/mol. The van der Waals surface area contributed by atoms with Gasteiger partial charge in [-0.05, 0) is 0 Å². The molecule has 9 heteroatoms. The summed E-state index contributed by atoms with van der Waals surface area (Å²) in [5.41, 5.74) is 10.5. The largest absolute Gasteiger partial charge is 0.457 e. The molecule has 0 bridgehead atoms. The summed E-state index contributed by atoms with van der Waals surface area (Å²) in [6.07, 6.45) is -4.22. The van der Waals surface area contributed by atoms with Gasteiger partial charge in [0.2, 0.25) is 0 Å². The maximum absolute atomic E-state index is 11.0. The number of rotatable bonds is 4. The van der Waals surface area contributed by atoms with Crippen LogP contribution in [0.25, 0.3) is 0 Å². The number of carbonyl (C=O) groups is 1. The Morgan fingerprint density at radius 3 is 2.53 bits per heavy atom. The highest BCUT2D eigenvalue weighted by molar-refractivity contribution is 5.76. The Balaban J connectivity index is 2.98. The number of methoxy groups -OCH3 is 1. The number of aliphatic hydroxyl groups excluding tert-OH is 2. The Kier molecular flexibility index (Phi) is 5.48. The normalized spacial score (nSPS) is 34.6. The van der Waals surface area contributed by atoms with E-state index in [2.05, 4.69) is 4.99 Å². The van der Waals surface area contributed by atoms with Crippen LogP contribution in [-0.2, 0) is 19.0 Å². The smallest absolute Gasteiger partial charge is 0.303 e. The van der Waals surface area contributed by atoms with E-state index in [1.807, 2.05) is 0 Å². The molecule has 5 atom stereocenters. The third-order valence-corrected chi connectivity index (χ3v) is 2.65. The van der Waals surface area contributed by atoms with Crippen LogP contribution in [0.2, 0.25) is 0 Å². The van der Waals surface area contributed by atoms with Gasteiger partial charge in [-0.2, -0.15) is 0 Å². The van der Waals surface area contributed by atoms with Crippen LogP contribution in [0, 0.1) is 0 Å². The van der Waals surface area contributed by atoms with Crippen LogP contribution in [0.15, 0.2) is 4.99 Å². The lowest BCUT2D eigenvalue weighted by molar-refractivity contribution is -0.262. The summed E-state index contributed by atoms with van der Waals surface area (Å²) in [6, 6.07) is -0.956. The summed E-state index contributed by atoms with van der Waals surface area (Å²) in [5.74, 6) is -0.885. The molecule has 1 heterocycles. The van der Waals surface area contributed by atoms with Gasteiger partial charge >= 0.3 is 5.97 Å². The first kappa shape index (κ1) is 15.6. The molecule has 0 aromatic rings. The Hall–Kier alpha value is -1.42. The molecule has 1 aliphatic heterocycles. The number of nitrogens with two attached hydrogens (primary N) is 2. The van der Waals surface area contributed by atoms with Crippen LogP contribution in [0.3, 0.4) is 0 Å². The van der Waals surface area contributed by atoms with Crippen molar-refractivity contribution in [2.75, 3.05) is 13.7 Å². The van der Waals surface area contributed by atoms with Gasteiger partial charge in [0.1, 0.15) is 18.2 Å². The molecule has 1 unspecified atom stereocenters. The molecular weight excluding hydrogens is 258 g/mol. The highest BCUT2D eigenvalue weighted by Crippen LogP contribution is 2.26. The molecule has 0 radical (unpaired) electrons. The van der Waals surface area contributed by atoms with Crippen LogP contribution >= 0.6 is 0 Å². The molecule has 110 valence electrons.